The van der Waals surface area contributed by atoms with Gasteiger partial charge < -0.3 is 4.74 Å². The summed E-state index contributed by atoms with van der Waals surface area (Å²) in [5.41, 5.74) is 0. The average molecular weight is 188 g/mol. The fourth-order valence-corrected chi connectivity index (χ4v) is 1.37. The molecule has 0 aromatic rings. The van der Waals surface area contributed by atoms with Gasteiger partial charge in [0.25, 0.3) is 0 Å². The second-order valence-electron chi connectivity index (χ2n) is 2.40. The number of carbonyl (C=O) groups is 1. The Morgan fingerprint density at radius 1 is 1.58 bits per heavy atom. The van der Waals surface area contributed by atoms with Gasteiger partial charge in [0.15, 0.2) is 0 Å². The van der Waals surface area contributed by atoms with Gasteiger partial charge in [-0.2, -0.15) is 0 Å². The van der Waals surface area contributed by atoms with Gasteiger partial charge in [-0.05, 0) is 23.7 Å². The van der Waals surface area contributed by atoms with E-state index in [2.05, 4.69) is 6.92 Å². The van der Waals surface area contributed by atoms with Gasteiger partial charge in [-0.25, -0.2) is 0 Å². The van der Waals surface area contributed by atoms with Crippen LogP contribution >= 0.6 is 11.8 Å². The van der Waals surface area contributed by atoms with Crippen molar-refractivity contribution in [3.63, 3.8) is 0 Å². The molecule has 0 saturated heterocycles. The van der Waals surface area contributed by atoms with Crippen molar-refractivity contribution >= 4 is 17.7 Å². The highest BCUT2D eigenvalue weighted by Gasteiger charge is 1.86. The third-order valence-corrected chi connectivity index (χ3v) is 2.10. The molecule has 0 bridgehead atoms. The maximum atomic E-state index is 10.3. The van der Waals surface area contributed by atoms with Crippen molar-refractivity contribution in [2.45, 2.75) is 26.7 Å². The third kappa shape index (κ3) is 9.56. The van der Waals surface area contributed by atoms with Crippen molar-refractivity contribution in [1.29, 1.82) is 0 Å². The fourth-order valence-electron chi connectivity index (χ4n) is 0.569. The van der Waals surface area contributed by atoms with E-state index < -0.39 is 0 Å². The number of hydrogen-bond acceptors (Lipinski definition) is 3. The minimum atomic E-state index is -0.224. The van der Waals surface area contributed by atoms with Gasteiger partial charge in [0.05, 0.1) is 0 Å². The molecule has 0 heterocycles. The smallest absolute Gasteiger partial charge is 0.302 e. The zero-order valence-electron chi connectivity index (χ0n) is 7.71. The van der Waals surface area contributed by atoms with Crippen molar-refractivity contribution in [2.24, 2.45) is 0 Å². The molecule has 3 heteroatoms. The van der Waals surface area contributed by atoms with Crippen LogP contribution in [0.2, 0.25) is 0 Å². The zero-order valence-corrected chi connectivity index (χ0v) is 8.52. The molecule has 0 unspecified atom stereocenters. The predicted octanol–water partition coefficient (Wildman–Crippen LogP) is 2.60. The van der Waals surface area contributed by atoms with Crippen molar-refractivity contribution in [2.75, 3.05) is 12.4 Å². The summed E-state index contributed by atoms with van der Waals surface area (Å²) in [6, 6.07) is 0. The quantitative estimate of drug-likeness (QED) is 0.473. The molecule has 0 aromatic heterocycles. The van der Waals surface area contributed by atoms with Gasteiger partial charge in [-0.1, -0.05) is 13.3 Å². The van der Waals surface area contributed by atoms with Crippen molar-refractivity contribution < 1.29 is 9.53 Å². The molecule has 0 aromatic carbocycles. The second kappa shape index (κ2) is 8.65. The first-order valence-corrected chi connectivity index (χ1v) is 5.22. The van der Waals surface area contributed by atoms with Crippen LogP contribution in [0.5, 0.6) is 0 Å². The Balaban J connectivity index is 3.09. The normalized spacial score (nSPS) is 10.5. The number of thioether (sulfide) groups is 1. The Bertz CT molecular complexity index is 143. The standard InChI is InChI=1S/C9H16O2S/c1-3-4-7-12-8-5-6-11-9(2)10/h5,8H,3-4,6-7H2,1-2H3. The van der Waals surface area contributed by atoms with Crippen LogP contribution in [-0.2, 0) is 9.53 Å². The molecular formula is C9H16O2S. The van der Waals surface area contributed by atoms with Gasteiger partial charge in [0.1, 0.15) is 6.61 Å². The monoisotopic (exact) mass is 188 g/mol. The molecule has 0 saturated carbocycles. The van der Waals surface area contributed by atoms with E-state index >= 15 is 0 Å². The summed E-state index contributed by atoms with van der Waals surface area (Å²) in [5, 5.41) is 1.98. The van der Waals surface area contributed by atoms with Crippen LogP contribution in [0.1, 0.15) is 26.7 Å². The summed E-state index contributed by atoms with van der Waals surface area (Å²) in [6.45, 7) is 3.98. The number of carbonyl (C=O) groups excluding carboxylic acids is 1. The molecule has 0 amide bonds. The molecule has 0 rings (SSSR count). The van der Waals surface area contributed by atoms with Crippen LogP contribution in [0.15, 0.2) is 11.5 Å². The van der Waals surface area contributed by atoms with Crippen molar-refractivity contribution in [3.8, 4) is 0 Å². The lowest BCUT2D eigenvalue weighted by Gasteiger charge is -1.94. The van der Waals surface area contributed by atoms with Crippen LogP contribution < -0.4 is 0 Å². The van der Waals surface area contributed by atoms with Crippen molar-refractivity contribution in [3.05, 3.63) is 11.5 Å². The van der Waals surface area contributed by atoms with Gasteiger partial charge >= 0.3 is 5.97 Å². The number of ether oxygens (including phenoxy) is 1. The molecule has 0 aliphatic heterocycles. The lowest BCUT2D eigenvalue weighted by molar-refractivity contribution is -0.139. The Labute approximate surface area is 78.4 Å². The summed E-state index contributed by atoms with van der Waals surface area (Å²) in [4.78, 5) is 10.3. The Morgan fingerprint density at radius 2 is 2.33 bits per heavy atom. The number of unbranched alkanes of at least 4 members (excludes halogenated alkanes) is 1. The van der Waals surface area contributed by atoms with E-state index in [1.165, 1.54) is 19.8 Å². The highest BCUT2D eigenvalue weighted by Crippen LogP contribution is 2.05. The van der Waals surface area contributed by atoms with Gasteiger partial charge in [0, 0.05) is 6.92 Å². The van der Waals surface area contributed by atoms with Gasteiger partial charge in [-0.3, -0.25) is 4.79 Å². The van der Waals surface area contributed by atoms with E-state index in [4.69, 9.17) is 4.74 Å². The lowest BCUT2D eigenvalue weighted by Crippen LogP contribution is -1.96. The number of esters is 1. The maximum Gasteiger partial charge on any atom is 0.302 e. The molecule has 0 fully saturated rings. The third-order valence-electron chi connectivity index (χ3n) is 1.19. The SMILES string of the molecule is CCCCSC=CCOC(C)=O. The minimum absolute atomic E-state index is 0.224. The van der Waals surface area contributed by atoms with Gasteiger partial charge in [0.2, 0.25) is 0 Å². The first kappa shape index (κ1) is 11.6. The van der Waals surface area contributed by atoms with E-state index in [1.54, 1.807) is 11.8 Å². The summed E-state index contributed by atoms with van der Waals surface area (Å²) in [5.74, 6) is 0.922. The zero-order chi connectivity index (χ0) is 9.23. The van der Waals surface area contributed by atoms with E-state index in [-0.39, 0.29) is 5.97 Å². The number of hydrogen-bond donors (Lipinski definition) is 0. The highest BCUT2D eigenvalue weighted by molar-refractivity contribution is 8.02. The summed E-state index contributed by atoms with van der Waals surface area (Å²) in [7, 11) is 0. The van der Waals surface area contributed by atoms with Crippen molar-refractivity contribution in [1.82, 2.24) is 0 Å². The molecule has 12 heavy (non-hydrogen) atoms. The topological polar surface area (TPSA) is 26.3 Å². The molecule has 0 N–H and O–H groups in total. The molecule has 70 valence electrons. The fraction of sp³-hybridized carbons (Fsp3) is 0.667. The Kier molecular flexibility index (Phi) is 8.34. The molecule has 0 radical (unpaired) electrons. The molecule has 0 spiro atoms. The predicted molar refractivity (Wildman–Crippen MR) is 53.1 cm³/mol. The largest absolute Gasteiger partial charge is 0.462 e. The van der Waals surface area contributed by atoms with E-state index in [0.29, 0.717) is 6.61 Å². The molecule has 0 aliphatic rings. The minimum Gasteiger partial charge on any atom is -0.462 e. The maximum absolute atomic E-state index is 10.3. The van der Waals surface area contributed by atoms with Crippen LogP contribution in [0.25, 0.3) is 0 Å². The van der Waals surface area contributed by atoms with Crippen LogP contribution in [-0.4, -0.2) is 18.3 Å². The van der Waals surface area contributed by atoms with Crippen LogP contribution in [0, 0.1) is 0 Å². The van der Waals surface area contributed by atoms with Crippen LogP contribution in [0.4, 0.5) is 0 Å². The molecular weight excluding hydrogens is 172 g/mol. The van der Waals surface area contributed by atoms with E-state index in [1.807, 2.05) is 11.5 Å². The number of rotatable bonds is 6. The van der Waals surface area contributed by atoms with Gasteiger partial charge in [-0.15, -0.1) is 11.8 Å². The molecule has 0 aliphatic carbocycles. The summed E-state index contributed by atoms with van der Waals surface area (Å²) >= 11 is 1.76. The first-order chi connectivity index (χ1) is 5.77. The van der Waals surface area contributed by atoms with E-state index in [9.17, 15) is 4.79 Å². The van der Waals surface area contributed by atoms with Crippen LogP contribution in [0.3, 0.4) is 0 Å². The summed E-state index contributed by atoms with van der Waals surface area (Å²) < 4.78 is 4.71. The Hall–Kier alpha value is -0.440. The molecule has 2 nitrogen and oxygen atoms in total. The summed E-state index contributed by atoms with van der Waals surface area (Å²) in [6.07, 6.45) is 4.33. The Morgan fingerprint density at radius 3 is 2.92 bits per heavy atom. The molecule has 0 atom stereocenters. The first-order valence-electron chi connectivity index (χ1n) is 4.17. The average Bonchev–Trinajstić information content (AvgIpc) is 2.02. The van der Waals surface area contributed by atoms with E-state index in [0.717, 1.165) is 5.75 Å². The lowest BCUT2D eigenvalue weighted by atomic mass is 10.4. The second-order valence-corrected chi connectivity index (χ2v) is 3.41. The highest BCUT2D eigenvalue weighted by atomic mass is 32.2.